The number of halogens is 1. The van der Waals surface area contributed by atoms with E-state index in [-0.39, 0.29) is 0 Å². The van der Waals surface area contributed by atoms with Crippen LogP contribution in [-0.4, -0.2) is 22.1 Å². The van der Waals surface area contributed by atoms with Crippen LogP contribution >= 0.6 is 15.9 Å². The summed E-state index contributed by atoms with van der Waals surface area (Å²) in [4.78, 5) is 0. The molecule has 106 valence electrons. The first-order chi connectivity index (χ1) is 10.3. The van der Waals surface area contributed by atoms with E-state index >= 15 is 0 Å². The summed E-state index contributed by atoms with van der Waals surface area (Å²) in [6.07, 6.45) is 0. The molecule has 0 N–H and O–H groups in total. The van der Waals surface area contributed by atoms with Crippen LogP contribution in [0.2, 0.25) is 0 Å². The van der Waals surface area contributed by atoms with Crippen molar-refractivity contribution in [2.45, 2.75) is 6.54 Å². The summed E-state index contributed by atoms with van der Waals surface area (Å²) in [6, 6.07) is 18.1. The summed E-state index contributed by atoms with van der Waals surface area (Å²) in [5.41, 5.74) is 3.19. The smallest absolute Gasteiger partial charge is 0.156 e. The second kappa shape index (κ2) is 6.10. The number of rotatable bonds is 4. The van der Waals surface area contributed by atoms with Gasteiger partial charge in [-0.25, -0.2) is 4.68 Å². The van der Waals surface area contributed by atoms with Gasteiger partial charge < -0.3 is 4.74 Å². The van der Waals surface area contributed by atoms with Gasteiger partial charge in [0.15, 0.2) is 4.60 Å². The fourth-order valence-electron chi connectivity index (χ4n) is 2.18. The molecule has 1 heterocycles. The van der Waals surface area contributed by atoms with Crippen molar-refractivity contribution in [2.75, 3.05) is 7.11 Å². The van der Waals surface area contributed by atoms with Crippen LogP contribution in [0.5, 0.6) is 5.75 Å². The molecule has 0 saturated heterocycles. The predicted octanol–water partition coefficient (Wildman–Crippen LogP) is 3.76. The van der Waals surface area contributed by atoms with Crippen LogP contribution < -0.4 is 4.74 Å². The standard InChI is InChI=1S/C16H14BrN3O/c1-21-14-9-7-13(8-10-14)15-16(17)18-19-20(15)11-12-5-3-2-4-6-12/h2-10H,11H2,1H3. The van der Waals surface area contributed by atoms with E-state index in [1.54, 1.807) is 7.11 Å². The highest BCUT2D eigenvalue weighted by Crippen LogP contribution is 2.28. The fraction of sp³-hybridized carbons (Fsp3) is 0.125. The molecule has 1 aromatic heterocycles. The van der Waals surface area contributed by atoms with Crippen LogP contribution in [0.1, 0.15) is 5.56 Å². The highest BCUT2D eigenvalue weighted by Gasteiger charge is 2.13. The zero-order valence-electron chi connectivity index (χ0n) is 11.5. The first-order valence-electron chi connectivity index (χ1n) is 6.55. The van der Waals surface area contributed by atoms with E-state index in [0.29, 0.717) is 6.54 Å². The van der Waals surface area contributed by atoms with E-state index in [9.17, 15) is 0 Å². The van der Waals surface area contributed by atoms with Gasteiger partial charge in [0, 0.05) is 5.56 Å². The highest BCUT2D eigenvalue weighted by molar-refractivity contribution is 9.10. The molecule has 0 atom stereocenters. The molecular weight excluding hydrogens is 330 g/mol. The van der Waals surface area contributed by atoms with Gasteiger partial charge in [-0.15, -0.1) is 5.10 Å². The van der Waals surface area contributed by atoms with Gasteiger partial charge in [-0.05, 0) is 45.8 Å². The SMILES string of the molecule is COc1ccc(-c2c(Br)nnn2Cc2ccccc2)cc1. The van der Waals surface area contributed by atoms with Crippen molar-refractivity contribution in [1.82, 2.24) is 15.0 Å². The largest absolute Gasteiger partial charge is 0.497 e. The van der Waals surface area contributed by atoms with Crippen LogP contribution in [0.25, 0.3) is 11.3 Å². The maximum atomic E-state index is 5.19. The third-order valence-corrected chi connectivity index (χ3v) is 3.77. The van der Waals surface area contributed by atoms with E-state index in [4.69, 9.17) is 4.74 Å². The Labute approximate surface area is 131 Å². The molecule has 0 amide bonds. The average Bonchev–Trinajstić information content (AvgIpc) is 2.89. The van der Waals surface area contributed by atoms with Crippen LogP contribution in [-0.2, 0) is 6.54 Å². The van der Waals surface area contributed by atoms with Gasteiger partial charge in [0.25, 0.3) is 0 Å². The summed E-state index contributed by atoms with van der Waals surface area (Å²) < 4.78 is 7.82. The Morgan fingerprint density at radius 2 is 1.76 bits per heavy atom. The minimum atomic E-state index is 0.681. The van der Waals surface area contributed by atoms with Crippen molar-refractivity contribution in [3.05, 3.63) is 64.8 Å². The van der Waals surface area contributed by atoms with Crippen LogP contribution in [0.3, 0.4) is 0 Å². The third-order valence-electron chi connectivity index (χ3n) is 3.23. The maximum absolute atomic E-state index is 5.19. The van der Waals surface area contributed by atoms with Crippen molar-refractivity contribution in [3.8, 4) is 17.0 Å². The quantitative estimate of drug-likeness (QED) is 0.723. The lowest BCUT2D eigenvalue weighted by atomic mass is 10.1. The topological polar surface area (TPSA) is 39.9 Å². The average molecular weight is 344 g/mol. The van der Waals surface area contributed by atoms with E-state index in [2.05, 4.69) is 38.4 Å². The molecule has 0 fully saturated rings. The molecule has 5 heteroatoms. The monoisotopic (exact) mass is 343 g/mol. The zero-order valence-corrected chi connectivity index (χ0v) is 13.1. The first kappa shape index (κ1) is 13.8. The third kappa shape index (κ3) is 2.97. The molecule has 0 unspecified atom stereocenters. The van der Waals surface area contributed by atoms with Crippen LogP contribution in [0.15, 0.2) is 59.2 Å². The van der Waals surface area contributed by atoms with Crippen molar-refractivity contribution in [3.63, 3.8) is 0 Å². The van der Waals surface area contributed by atoms with Gasteiger partial charge in [-0.1, -0.05) is 35.5 Å². The van der Waals surface area contributed by atoms with Crippen molar-refractivity contribution < 1.29 is 4.74 Å². The Kier molecular flexibility index (Phi) is 4.01. The number of ether oxygens (including phenoxy) is 1. The molecule has 0 spiro atoms. The molecule has 0 aliphatic rings. The molecule has 3 aromatic rings. The molecule has 2 aromatic carbocycles. The lowest BCUT2D eigenvalue weighted by molar-refractivity contribution is 0.415. The van der Waals surface area contributed by atoms with Gasteiger partial charge in [-0.2, -0.15) is 0 Å². The molecule has 0 saturated carbocycles. The molecule has 3 rings (SSSR count). The summed E-state index contributed by atoms with van der Waals surface area (Å²) in [5, 5.41) is 8.35. The minimum Gasteiger partial charge on any atom is -0.497 e. The number of methoxy groups -OCH3 is 1. The fourth-order valence-corrected chi connectivity index (χ4v) is 2.68. The Morgan fingerprint density at radius 3 is 2.43 bits per heavy atom. The second-order valence-corrected chi connectivity index (χ2v) is 5.35. The number of nitrogens with zero attached hydrogens (tertiary/aromatic N) is 3. The van der Waals surface area contributed by atoms with Crippen LogP contribution in [0, 0.1) is 0 Å². The summed E-state index contributed by atoms with van der Waals surface area (Å²) in [7, 11) is 1.66. The number of hydrogen-bond donors (Lipinski definition) is 0. The predicted molar refractivity (Wildman–Crippen MR) is 85.3 cm³/mol. The molecule has 0 bridgehead atoms. The Bertz CT molecular complexity index is 723. The lowest BCUT2D eigenvalue weighted by Crippen LogP contribution is -2.04. The van der Waals surface area contributed by atoms with E-state index in [1.165, 1.54) is 5.56 Å². The van der Waals surface area contributed by atoms with Crippen molar-refractivity contribution >= 4 is 15.9 Å². The molecule has 0 aliphatic heterocycles. The minimum absolute atomic E-state index is 0.681. The zero-order chi connectivity index (χ0) is 14.7. The Hall–Kier alpha value is -2.14. The molecular formula is C16H14BrN3O. The lowest BCUT2D eigenvalue weighted by Gasteiger charge is -2.08. The summed E-state index contributed by atoms with van der Waals surface area (Å²) >= 11 is 3.48. The first-order valence-corrected chi connectivity index (χ1v) is 7.34. The highest BCUT2D eigenvalue weighted by atomic mass is 79.9. The Balaban J connectivity index is 1.96. The van der Waals surface area contributed by atoms with E-state index < -0.39 is 0 Å². The van der Waals surface area contributed by atoms with Gasteiger partial charge in [0.1, 0.15) is 11.4 Å². The van der Waals surface area contributed by atoms with Crippen molar-refractivity contribution in [2.24, 2.45) is 0 Å². The van der Waals surface area contributed by atoms with E-state index in [0.717, 1.165) is 21.6 Å². The normalized spacial score (nSPS) is 10.6. The number of benzene rings is 2. The van der Waals surface area contributed by atoms with Gasteiger partial charge in [-0.3, -0.25) is 0 Å². The summed E-state index contributed by atoms with van der Waals surface area (Å²) in [5.74, 6) is 0.831. The van der Waals surface area contributed by atoms with Gasteiger partial charge >= 0.3 is 0 Å². The second-order valence-electron chi connectivity index (χ2n) is 4.60. The molecule has 4 nitrogen and oxygen atoms in total. The molecule has 21 heavy (non-hydrogen) atoms. The van der Waals surface area contributed by atoms with Gasteiger partial charge in [0.2, 0.25) is 0 Å². The van der Waals surface area contributed by atoms with Crippen LogP contribution in [0.4, 0.5) is 0 Å². The summed E-state index contributed by atoms with van der Waals surface area (Å²) in [6.45, 7) is 0.681. The molecule has 0 radical (unpaired) electrons. The van der Waals surface area contributed by atoms with Gasteiger partial charge in [0.05, 0.1) is 13.7 Å². The maximum Gasteiger partial charge on any atom is 0.156 e. The number of aromatic nitrogens is 3. The number of hydrogen-bond acceptors (Lipinski definition) is 3. The van der Waals surface area contributed by atoms with Crippen molar-refractivity contribution in [1.29, 1.82) is 0 Å². The van der Waals surface area contributed by atoms with E-state index in [1.807, 2.05) is 47.1 Å². The molecule has 0 aliphatic carbocycles. The Morgan fingerprint density at radius 1 is 1.05 bits per heavy atom.